The van der Waals surface area contributed by atoms with Crippen molar-refractivity contribution in [3.8, 4) is 0 Å². The minimum Gasteiger partial charge on any atom is -0.479 e. The van der Waals surface area contributed by atoms with E-state index in [-0.39, 0.29) is 18.2 Å². The van der Waals surface area contributed by atoms with Crippen molar-refractivity contribution in [3.05, 3.63) is 48.0 Å². The molecule has 3 N–H and O–H groups in total. The van der Waals surface area contributed by atoms with Gasteiger partial charge < -0.3 is 25.4 Å². The number of ether oxygens (including phenoxy) is 1. The lowest BCUT2D eigenvalue weighted by molar-refractivity contribution is -0.207. The highest BCUT2D eigenvalue weighted by Gasteiger charge is 2.52. The molecule has 1 fully saturated rings. The molecule has 1 aromatic heterocycles. The molecule has 202 valence electrons. The van der Waals surface area contributed by atoms with Gasteiger partial charge in [-0.1, -0.05) is 20.8 Å². The van der Waals surface area contributed by atoms with Gasteiger partial charge in [-0.2, -0.15) is 0 Å². The Morgan fingerprint density at radius 1 is 1.11 bits per heavy atom. The van der Waals surface area contributed by atoms with Crippen LogP contribution in [0.5, 0.6) is 0 Å². The van der Waals surface area contributed by atoms with E-state index < -0.39 is 34.3 Å². The van der Waals surface area contributed by atoms with E-state index in [0.29, 0.717) is 24.7 Å². The van der Waals surface area contributed by atoms with Crippen molar-refractivity contribution < 1.29 is 23.8 Å². The van der Waals surface area contributed by atoms with E-state index in [4.69, 9.17) is 4.74 Å². The monoisotopic (exact) mass is 515 g/mol. The Labute approximate surface area is 217 Å². The summed E-state index contributed by atoms with van der Waals surface area (Å²) in [6.45, 7) is 11.6. The van der Waals surface area contributed by atoms with E-state index >= 15 is 4.39 Å². The Kier molecular flexibility index (Phi) is 8.42. The maximum Gasteiger partial charge on any atom is 0.338 e. The van der Waals surface area contributed by atoms with Crippen LogP contribution in [-0.4, -0.2) is 63.8 Å². The van der Waals surface area contributed by atoms with Gasteiger partial charge in [0, 0.05) is 42.5 Å². The summed E-state index contributed by atoms with van der Waals surface area (Å²) in [5.74, 6) is -1.66. The number of anilines is 2. The zero-order chi connectivity index (χ0) is 27.4. The number of aliphatic carboxylic acids is 1. The summed E-state index contributed by atoms with van der Waals surface area (Å²) in [7, 11) is 0. The molecule has 1 aliphatic heterocycles. The molecule has 10 heteroatoms. The Hall–Kier alpha value is -3.27. The summed E-state index contributed by atoms with van der Waals surface area (Å²) >= 11 is 0. The molecule has 0 saturated carbocycles. The summed E-state index contributed by atoms with van der Waals surface area (Å²) in [6.07, 6.45) is 4.94. The number of benzene rings is 1. The first-order valence-corrected chi connectivity index (χ1v) is 12.5. The van der Waals surface area contributed by atoms with Crippen LogP contribution in [0.1, 0.15) is 64.7 Å². The number of carbonyl (C=O) groups excluding carboxylic acids is 1. The molecule has 0 aliphatic carbocycles. The van der Waals surface area contributed by atoms with Gasteiger partial charge in [-0.05, 0) is 57.9 Å². The molecule has 0 unspecified atom stereocenters. The van der Waals surface area contributed by atoms with Crippen LogP contribution in [-0.2, 0) is 9.53 Å². The van der Waals surface area contributed by atoms with Gasteiger partial charge in [0.25, 0.3) is 5.91 Å². The number of nitrogens with one attached hydrogen (secondary N) is 2. The molecule has 1 aromatic carbocycles. The fourth-order valence-corrected chi connectivity index (χ4v) is 4.45. The fraction of sp³-hybridized carbons (Fsp3) is 0.556. The minimum atomic E-state index is -1.68. The first-order chi connectivity index (χ1) is 17.2. The third kappa shape index (κ3) is 6.94. The van der Waals surface area contributed by atoms with Crippen LogP contribution in [0.25, 0.3) is 0 Å². The Bertz CT molecular complexity index is 1090. The van der Waals surface area contributed by atoms with Gasteiger partial charge in [0.1, 0.15) is 5.82 Å². The number of aromatic nitrogens is 2. The number of amides is 1. The molecule has 1 saturated heterocycles. The highest BCUT2D eigenvalue weighted by atomic mass is 19.1. The molecule has 1 amide bonds. The van der Waals surface area contributed by atoms with E-state index in [0.717, 1.165) is 12.8 Å². The first-order valence-electron chi connectivity index (χ1n) is 12.5. The van der Waals surface area contributed by atoms with E-state index in [1.165, 1.54) is 6.07 Å². The average Bonchev–Trinajstić information content (AvgIpc) is 2.81. The van der Waals surface area contributed by atoms with Crippen LogP contribution in [0.4, 0.5) is 16.0 Å². The van der Waals surface area contributed by atoms with Crippen LogP contribution < -0.4 is 15.5 Å². The molecule has 3 rings (SSSR count). The maximum atomic E-state index is 15.1. The molecule has 37 heavy (non-hydrogen) atoms. The third-order valence-electron chi connectivity index (χ3n) is 6.48. The van der Waals surface area contributed by atoms with Crippen molar-refractivity contribution in [2.24, 2.45) is 5.41 Å². The van der Waals surface area contributed by atoms with E-state index in [1.807, 2.05) is 4.90 Å². The highest BCUT2D eigenvalue weighted by Crippen LogP contribution is 2.37. The lowest BCUT2D eigenvalue weighted by atomic mass is 9.75. The zero-order valence-corrected chi connectivity index (χ0v) is 22.5. The number of rotatable bonds is 8. The normalized spacial score (nSPS) is 16.7. The second-order valence-electron chi connectivity index (χ2n) is 11.4. The number of carbonyl (C=O) groups is 2. The standard InChI is InChI=1S/C27H38FN5O4/c1-25(2,3)27(23(35)36,37-26(4,5)6)17-31-22(34)18-8-9-21(20(28)16-18)33-14-10-19(11-15-33)32-24-29-12-7-13-30-24/h7-9,12-13,16,19H,10-11,14-15,17H2,1-6H3,(H,31,34)(H,35,36)(H,29,30,32)/t27-/m0/s1. The third-order valence-corrected chi connectivity index (χ3v) is 6.48. The summed E-state index contributed by atoms with van der Waals surface area (Å²) in [4.78, 5) is 35.6. The molecule has 2 heterocycles. The number of carboxylic acid groups (broad SMARTS) is 1. The molecule has 9 nitrogen and oxygen atoms in total. The molecule has 0 bridgehead atoms. The molecule has 2 aromatic rings. The Morgan fingerprint density at radius 3 is 2.24 bits per heavy atom. The van der Waals surface area contributed by atoms with Gasteiger partial charge >= 0.3 is 5.97 Å². The Balaban J connectivity index is 1.65. The van der Waals surface area contributed by atoms with Crippen LogP contribution in [0.15, 0.2) is 36.7 Å². The van der Waals surface area contributed by atoms with Gasteiger partial charge in [0.05, 0.1) is 17.8 Å². The maximum absolute atomic E-state index is 15.1. The number of hydrogen-bond acceptors (Lipinski definition) is 7. The SMILES string of the molecule is CC(C)(C)O[C@@](CNC(=O)c1ccc(N2CCC(Nc3ncccn3)CC2)c(F)c1)(C(=O)O)C(C)(C)C. The smallest absolute Gasteiger partial charge is 0.338 e. The summed E-state index contributed by atoms with van der Waals surface area (Å²) in [6, 6.07) is 6.29. The van der Waals surface area contributed by atoms with Crippen molar-refractivity contribution in [2.75, 3.05) is 29.9 Å². The minimum absolute atomic E-state index is 0.114. The predicted molar refractivity (Wildman–Crippen MR) is 140 cm³/mol. The van der Waals surface area contributed by atoms with Crippen molar-refractivity contribution in [3.63, 3.8) is 0 Å². The van der Waals surface area contributed by atoms with Crippen molar-refractivity contribution >= 4 is 23.5 Å². The van der Waals surface area contributed by atoms with E-state index in [2.05, 4.69) is 20.6 Å². The predicted octanol–water partition coefficient (Wildman–Crippen LogP) is 4.11. The highest BCUT2D eigenvalue weighted by molar-refractivity contribution is 5.95. The van der Waals surface area contributed by atoms with Crippen LogP contribution >= 0.6 is 0 Å². The van der Waals surface area contributed by atoms with Gasteiger partial charge in [0.15, 0.2) is 5.60 Å². The van der Waals surface area contributed by atoms with Crippen LogP contribution in [0.2, 0.25) is 0 Å². The second-order valence-corrected chi connectivity index (χ2v) is 11.4. The van der Waals surface area contributed by atoms with Crippen molar-refractivity contribution in [1.82, 2.24) is 15.3 Å². The van der Waals surface area contributed by atoms with Gasteiger partial charge in [0.2, 0.25) is 5.95 Å². The quantitative estimate of drug-likeness (QED) is 0.481. The number of carboxylic acids is 1. The van der Waals surface area contributed by atoms with Gasteiger partial charge in [-0.15, -0.1) is 0 Å². The number of halogens is 1. The summed E-state index contributed by atoms with van der Waals surface area (Å²) in [5.41, 5.74) is -2.73. The number of piperidine rings is 1. The van der Waals surface area contributed by atoms with Gasteiger partial charge in [-0.25, -0.2) is 19.2 Å². The summed E-state index contributed by atoms with van der Waals surface area (Å²) in [5, 5.41) is 16.0. The second kappa shape index (κ2) is 11.0. The largest absolute Gasteiger partial charge is 0.479 e. The van der Waals surface area contributed by atoms with E-state index in [9.17, 15) is 14.7 Å². The lowest BCUT2D eigenvalue weighted by Gasteiger charge is -2.44. The fourth-order valence-electron chi connectivity index (χ4n) is 4.45. The first kappa shape index (κ1) is 28.3. The molecule has 0 radical (unpaired) electrons. The van der Waals surface area contributed by atoms with Crippen LogP contribution in [0, 0.1) is 11.2 Å². The van der Waals surface area contributed by atoms with E-state index in [1.54, 1.807) is 72.1 Å². The summed E-state index contributed by atoms with van der Waals surface area (Å²) < 4.78 is 21.1. The zero-order valence-electron chi connectivity index (χ0n) is 22.5. The van der Waals surface area contributed by atoms with Crippen LogP contribution in [0.3, 0.4) is 0 Å². The molecule has 1 aliphatic rings. The number of nitrogens with zero attached hydrogens (tertiary/aromatic N) is 3. The Morgan fingerprint density at radius 2 is 1.73 bits per heavy atom. The molecular weight excluding hydrogens is 477 g/mol. The molecule has 1 atom stereocenters. The number of hydrogen-bond donors (Lipinski definition) is 3. The van der Waals surface area contributed by atoms with Crippen molar-refractivity contribution in [1.29, 1.82) is 0 Å². The van der Waals surface area contributed by atoms with Crippen molar-refractivity contribution in [2.45, 2.75) is 71.6 Å². The topological polar surface area (TPSA) is 117 Å². The molecule has 0 spiro atoms. The average molecular weight is 516 g/mol. The van der Waals surface area contributed by atoms with Gasteiger partial charge in [-0.3, -0.25) is 4.79 Å². The molecular formula is C27H38FN5O4. The lowest BCUT2D eigenvalue weighted by Crippen LogP contribution is -2.61.